The Balaban J connectivity index is 2.33. The number of hydrogen-bond donors (Lipinski definition) is 2. The second kappa shape index (κ2) is 7.64. The van der Waals surface area contributed by atoms with Crippen LogP contribution in [0, 0.1) is 7.14 Å². The minimum Gasteiger partial charge on any atom is -0.506 e. The Morgan fingerprint density at radius 1 is 1.36 bits per heavy atom. The van der Waals surface area contributed by atoms with Gasteiger partial charge in [0.15, 0.2) is 0 Å². The molecule has 6 nitrogen and oxygen atoms in total. The molecule has 0 aliphatic rings. The van der Waals surface area contributed by atoms with Crippen LogP contribution in [-0.4, -0.2) is 26.4 Å². The van der Waals surface area contributed by atoms with Crippen LogP contribution in [0.4, 0.5) is 0 Å². The molecule has 0 fully saturated rings. The molecule has 0 saturated heterocycles. The molecule has 22 heavy (non-hydrogen) atoms. The van der Waals surface area contributed by atoms with Gasteiger partial charge in [0.1, 0.15) is 10.7 Å². The van der Waals surface area contributed by atoms with E-state index in [-0.39, 0.29) is 15.9 Å². The molecule has 0 aliphatic carbocycles. The van der Waals surface area contributed by atoms with Crippen LogP contribution in [0.1, 0.15) is 18.4 Å². The summed E-state index contributed by atoms with van der Waals surface area (Å²) < 4.78 is 6.61. The van der Waals surface area contributed by atoms with Crippen molar-refractivity contribution >= 4 is 69.0 Å². The standard InChI is InChI=1S/C13H10I2N2O4S/c1-2-10-16-17-13(21-10)22-9(12(19)20)5-6-3-7(14)11(18)8(15)4-6/h3-5,18H,2H2,1H3,(H,19,20)/b9-5-. The summed E-state index contributed by atoms with van der Waals surface area (Å²) >= 11 is 4.88. The number of halogens is 2. The predicted molar refractivity (Wildman–Crippen MR) is 98.7 cm³/mol. The third kappa shape index (κ3) is 4.35. The first kappa shape index (κ1) is 17.5. The Bertz CT molecular complexity index is 722. The SMILES string of the molecule is CCc1nnc(S/C(=C\c2cc(I)c(O)c(I)c2)C(=O)O)o1. The smallest absolute Gasteiger partial charge is 0.342 e. The first-order chi connectivity index (χ1) is 10.4. The third-order valence-electron chi connectivity index (χ3n) is 2.50. The molecule has 0 spiro atoms. The van der Waals surface area contributed by atoms with E-state index in [1.165, 1.54) is 6.08 Å². The highest BCUT2D eigenvalue weighted by molar-refractivity contribution is 14.1. The topological polar surface area (TPSA) is 96.5 Å². The van der Waals surface area contributed by atoms with Crippen LogP contribution in [-0.2, 0) is 11.2 Å². The Morgan fingerprint density at radius 2 is 2.00 bits per heavy atom. The molecule has 0 unspecified atom stereocenters. The lowest BCUT2D eigenvalue weighted by molar-refractivity contribution is -0.131. The van der Waals surface area contributed by atoms with E-state index in [9.17, 15) is 15.0 Å². The largest absolute Gasteiger partial charge is 0.506 e. The van der Waals surface area contributed by atoms with Gasteiger partial charge in [0.05, 0.1) is 7.14 Å². The molecule has 1 aromatic heterocycles. The number of carboxylic acids is 1. The van der Waals surface area contributed by atoms with Gasteiger partial charge in [-0.1, -0.05) is 6.92 Å². The number of aryl methyl sites for hydroxylation is 1. The highest BCUT2D eigenvalue weighted by Crippen LogP contribution is 2.31. The molecule has 0 amide bonds. The summed E-state index contributed by atoms with van der Waals surface area (Å²) in [7, 11) is 0. The van der Waals surface area contributed by atoms with Gasteiger partial charge in [0, 0.05) is 6.42 Å². The number of benzene rings is 1. The van der Waals surface area contributed by atoms with Gasteiger partial charge in [0.25, 0.3) is 5.22 Å². The Morgan fingerprint density at radius 3 is 2.50 bits per heavy atom. The van der Waals surface area contributed by atoms with Crippen molar-refractivity contribution in [1.82, 2.24) is 10.2 Å². The number of nitrogens with zero attached hydrogens (tertiary/aromatic N) is 2. The zero-order chi connectivity index (χ0) is 16.3. The van der Waals surface area contributed by atoms with Gasteiger partial charge in [-0.3, -0.25) is 0 Å². The van der Waals surface area contributed by atoms with E-state index < -0.39 is 5.97 Å². The maximum atomic E-state index is 11.4. The summed E-state index contributed by atoms with van der Waals surface area (Å²) in [6.45, 7) is 1.87. The molecule has 0 radical (unpaired) electrons. The molecule has 0 saturated carbocycles. The Labute approximate surface area is 157 Å². The normalized spacial score (nSPS) is 11.7. The van der Waals surface area contributed by atoms with E-state index >= 15 is 0 Å². The lowest BCUT2D eigenvalue weighted by Crippen LogP contribution is -1.97. The average Bonchev–Trinajstić information content (AvgIpc) is 2.91. The van der Waals surface area contributed by atoms with Crippen LogP contribution >= 0.6 is 56.9 Å². The molecule has 9 heteroatoms. The summed E-state index contributed by atoms with van der Waals surface area (Å²) in [4.78, 5) is 11.4. The van der Waals surface area contributed by atoms with Gasteiger partial charge in [-0.25, -0.2) is 4.79 Å². The number of aliphatic carboxylic acids is 1. The number of rotatable bonds is 5. The van der Waals surface area contributed by atoms with Crippen LogP contribution < -0.4 is 0 Å². The van der Waals surface area contributed by atoms with Gasteiger partial charge < -0.3 is 14.6 Å². The van der Waals surface area contributed by atoms with Crippen molar-refractivity contribution < 1.29 is 19.4 Å². The average molecular weight is 544 g/mol. The number of carboxylic acid groups (broad SMARTS) is 1. The predicted octanol–water partition coefficient (Wildman–Crippen LogP) is 3.76. The zero-order valence-corrected chi connectivity index (χ0v) is 16.3. The molecule has 2 aromatic rings. The van der Waals surface area contributed by atoms with Gasteiger partial charge in [-0.05, 0) is 80.7 Å². The number of phenolic OH excluding ortho intramolecular Hbond substituents is 1. The van der Waals surface area contributed by atoms with Gasteiger partial charge in [0.2, 0.25) is 5.89 Å². The summed E-state index contributed by atoms with van der Waals surface area (Å²) in [6, 6.07) is 3.40. The lowest BCUT2D eigenvalue weighted by atomic mass is 10.2. The fourth-order valence-corrected chi connectivity index (χ4v) is 3.98. The highest BCUT2D eigenvalue weighted by Gasteiger charge is 2.15. The number of aromatic nitrogens is 2. The first-order valence-corrected chi connectivity index (χ1v) is 9.01. The minimum absolute atomic E-state index is 0.0589. The lowest BCUT2D eigenvalue weighted by Gasteiger charge is -2.04. The number of phenols is 1. The van der Waals surface area contributed by atoms with Crippen LogP contribution in [0.5, 0.6) is 5.75 Å². The van der Waals surface area contributed by atoms with E-state index in [0.29, 0.717) is 25.0 Å². The molecule has 1 heterocycles. The van der Waals surface area contributed by atoms with Gasteiger partial charge in [-0.15, -0.1) is 10.2 Å². The van der Waals surface area contributed by atoms with Crippen molar-refractivity contribution in [3.05, 3.63) is 35.6 Å². The van der Waals surface area contributed by atoms with Gasteiger partial charge >= 0.3 is 5.97 Å². The van der Waals surface area contributed by atoms with Crippen LogP contribution in [0.15, 0.2) is 26.7 Å². The second-order valence-corrected chi connectivity index (χ2v) is 7.38. The molecule has 0 aliphatic heterocycles. The second-order valence-electron chi connectivity index (χ2n) is 4.06. The van der Waals surface area contributed by atoms with E-state index in [1.54, 1.807) is 12.1 Å². The van der Waals surface area contributed by atoms with Crippen LogP contribution in [0.25, 0.3) is 6.08 Å². The molecule has 0 bridgehead atoms. The molecular formula is C13H10I2N2O4S. The maximum absolute atomic E-state index is 11.4. The van der Waals surface area contributed by atoms with E-state index in [1.807, 2.05) is 52.1 Å². The molecule has 1 aromatic carbocycles. The monoisotopic (exact) mass is 544 g/mol. The Kier molecular flexibility index (Phi) is 6.09. The van der Waals surface area contributed by atoms with E-state index in [2.05, 4.69) is 10.2 Å². The summed E-state index contributed by atoms with van der Waals surface area (Å²) in [5.74, 6) is -0.437. The minimum atomic E-state index is -1.08. The van der Waals surface area contributed by atoms with Crippen LogP contribution in [0.3, 0.4) is 0 Å². The number of hydrogen-bond acceptors (Lipinski definition) is 6. The Hall–Kier alpha value is -0.820. The molecule has 2 rings (SSSR count). The third-order valence-corrected chi connectivity index (χ3v) is 4.99. The van der Waals surface area contributed by atoms with Crippen molar-refractivity contribution in [3.8, 4) is 5.75 Å². The highest BCUT2D eigenvalue weighted by atomic mass is 127. The van der Waals surface area contributed by atoms with Crippen molar-refractivity contribution in [2.75, 3.05) is 0 Å². The summed E-state index contributed by atoms with van der Waals surface area (Å²) in [5.41, 5.74) is 0.673. The van der Waals surface area contributed by atoms with E-state index in [0.717, 1.165) is 11.8 Å². The fourth-order valence-electron chi connectivity index (χ4n) is 1.47. The van der Waals surface area contributed by atoms with Crippen molar-refractivity contribution in [2.45, 2.75) is 18.6 Å². The zero-order valence-electron chi connectivity index (χ0n) is 11.2. The number of carbonyl (C=O) groups is 1. The molecule has 2 N–H and O–H groups in total. The first-order valence-electron chi connectivity index (χ1n) is 6.04. The van der Waals surface area contributed by atoms with Gasteiger partial charge in [-0.2, -0.15) is 0 Å². The van der Waals surface area contributed by atoms with Crippen molar-refractivity contribution in [1.29, 1.82) is 0 Å². The summed E-state index contributed by atoms with van der Waals surface area (Å²) in [5, 5.41) is 26.9. The number of thioether (sulfide) groups is 1. The quantitative estimate of drug-likeness (QED) is 0.337. The maximum Gasteiger partial charge on any atom is 0.342 e. The van der Waals surface area contributed by atoms with Crippen molar-refractivity contribution in [2.24, 2.45) is 0 Å². The molecular weight excluding hydrogens is 534 g/mol. The van der Waals surface area contributed by atoms with Crippen LogP contribution in [0.2, 0.25) is 0 Å². The molecule has 116 valence electrons. The van der Waals surface area contributed by atoms with E-state index in [4.69, 9.17) is 4.42 Å². The molecule has 0 atom stereocenters. The fraction of sp³-hybridized carbons (Fsp3) is 0.154. The van der Waals surface area contributed by atoms with Crippen molar-refractivity contribution in [3.63, 3.8) is 0 Å². The number of aromatic hydroxyl groups is 1. The summed E-state index contributed by atoms with van der Waals surface area (Å²) in [6.07, 6.45) is 2.10.